The van der Waals surface area contributed by atoms with Gasteiger partial charge < -0.3 is 23.3 Å². The number of rotatable bonds is 7. The Bertz CT molecular complexity index is 7070. The van der Waals surface area contributed by atoms with Gasteiger partial charge in [0.05, 0.1) is 44.5 Å². The van der Waals surface area contributed by atoms with Gasteiger partial charge in [0.1, 0.15) is 0 Å². The molecule has 0 saturated carbocycles. The normalized spacial score (nSPS) is 13.4. The third-order valence-electron chi connectivity index (χ3n) is 23.8. The maximum Gasteiger partial charge on any atom is 0.248 e. The van der Waals surface area contributed by atoms with Gasteiger partial charge in [0.25, 0.3) is 0 Å². The van der Waals surface area contributed by atoms with E-state index >= 15 is 0 Å². The largest absolute Gasteiger partial charge is 0.453 e. The molecule has 5 nitrogen and oxygen atoms in total. The summed E-state index contributed by atoms with van der Waals surface area (Å²) >= 11 is 0. The molecular weight excluding hydrogens is 1260 g/mol. The number of hydrogen-bond donors (Lipinski definition) is 0. The Morgan fingerprint density at radius 3 is 1.21 bits per heavy atom. The van der Waals surface area contributed by atoms with E-state index in [-0.39, 0.29) is 20.1 Å². The predicted octanol–water partition coefficient (Wildman–Crippen LogP) is 18.2. The second-order valence-corrected chi connectivity index (χ2v) is 28.8. The number of para-hydroxylation sites is 8. The van der Waals surface area contributed by atoms with Crippen LogP contribution in [0.1, 0.15) is 0 Å². The highest BCUT2D eigenvalue weighted by molar-refractivity contribution is 7.04. The van der Waals surface area contributed by atoms with E-state index in [0.717, 1.165) is 39.6 Å². The van der Waals surface area contributed by atoms with Crippen LogP contribution >= 0.6 is 0 Å². The van der Waals surface area contributed by atoms with Crippen LogP contribution in [0.25, 0.3) is 121 Å². The topological polar surface area (TPSA) is 24.5 Å². The minimum atomic E-state index is -0.213. The van der Waals surface area contributed by atoms with Crippen molar-refractivity contribution in [3.63, 3.8) is 0 Å². The minimum absolute atomic E-state index is 0.144. The number of nitrogens with zero attached hydrogens (tertiary/aromatic N) is 4. The van der Waals surface area contributed by atoms with Gasteiger partial charge in [-0.3, -0.25) is 0 Å². The summed E-state index contributed by atoms with van der Waals surface area (Å²) in [5.41, 5.74) is 35.4. The van der Waals surface area contributed by atoms with Crippen molar-refractivity contribution in [1.29, 1.82) is 0 Å². The summed E-state index contributed by atoms with van der Waals surface area (Å²) < 4.78 is 12.1. The molecule has 16 aromatic carbocycles. The molecule has 0 saturated heterocycles. The molecule has 24 rings (SSSR count). The highest BCUT2D eigenvalue weighted by atomic mass is 16.5. The van der Waals surface area contributed by atoms with E-state index < -0.39 is 0 Å². The molecule has 20 aromatic rings. The van der Waals surface area contributed by atoms with E-state index in [2.05, 4.69) is 364 Å². The van der Waals surface area contributed by atoms with Crippen LogP contribution in [0.5, 0.6) is 11.5 Å². The number of benzene rings is 16. The zero-order valence-electron chi connectivity index (χ0n) is 56.3. The Labute approximate surface area is 600 Å². The number of hydrogen-bond acceptors (Lipinski definition) is 3. The Kier molecular flexibility index (Phi) is 11.5. The number of ether oxygens (including phenoxy) is 1. The van der Waals surface area contributed by atoms with Crippen LogP contribution in [0.15, 0.2) is 346 Å². The van der Waals surface area contributed by atoms with E-state index in [9.17, 15) is 0 Å². The van der Waals surface area contributed by atoms with Crippen LogP contribution in [-0.2, 0) is 0 Å². The monoisotopic (exact) mass is 1310 g/mol. The highest BCUT2D eigenvalue weighted by Gasteiger charge is 2.48. The lowest BCUT2D eigenvalue weighted by molar-refractivity contribution is 0.477. The van der Waals surface area contributed by atoms with Crippen LogP contribution in [0.4, 0.5) is 34.1 Å². The lowest BCUT2D eigenvalue weighted by Gasteiger charge is -2.44. The van der Waals surface area contributed by atoms with Gasteiger partial charge in [-0.05, 0) is 144 Å². The van der Waals surface area contributed by atoms with Crippen LogP contribution in [0, 0.1) is 0 Å². The van der Waals surface area contributed by atoms with Crippen LogP contribution in [0.2, 0.25) is 0 Å². The van der Waals surface area contributed by atoms with Gasteiger partial charge in [-0.25, -0.2) is 0 Å². The Balaban J connectivity index is 0.779. The number of anilines is 6. The molecule has 4 aromatic heterocycles. The first-order chi connectivity index (χ1) is 51.7. The van der Waals surface area contributed by atoms with Crippen LogP contribution in [-0.4, -0.2) is 28.9 Å². The fraction of sp³-hybridized carbons (Fsp3) is 0. The third-order valence-corrected chi connectivity index (χ3v) is 23.8. The molecule has 0 radical (unpaired) electrons. The van der Waals surface area contributed by atoms with Crippen molar-refractivity contribution in [1.82, 2.24) is 8.80 Å². The van der Waals surface area contributed by atoms with E-state index in [0.29, 0.717) is 0 Å². The fourth-order valence-electron chi connectivity index (χ4n) is 19.7. The minimum Gasteiger partial charge on any atom is -0.453 e. The van der Waals surface area contributed by atoms with Crippen molar-refractivity contribution >= 4 is 180 Å². The molecule has 0 fully saturated rings. The zero-order chi connectivity index (χ0) is 67.6. The first kappa shape index (κ1) is 56.5. The number of aromatic nitrogens is 2. The first-order valence-electron chi connectivity index (χ1n) is 36.3. The third kappa shape index (κ3) is 7.50. The molecule has 4 aliphatic rings. The second kappa shape index (κ2) is 21.1. The average Bonchev–Trinajstić information content (AvgIpc) is 1.41. The molecule has 0 N–H and O–H groups in total. The fourth-order valence-corrected chi connectivity index (χ4v) is 19.7. The molecule has 0 aliphatic carbocycles. The molecule has 0 atom stereocenters. The van der Waals surface area contributed by atoms with Crippen molar-refractivity contribution in [2.75, 3.05) is 9.80 Å². The summed E-state index contributed by atoms with van der Waals surface area (Å²) in [6.45, 7) is -0.528. The highest BCUT2D eigenvalue weighted by Crippen LogP contribution is 2.54. The summed E-state index contributed by atoms with van der Waals surface area (Å²) in [4.78, 5) is 5.23. The number of fused-ring (bicyclic) bond motifs is 22. The van der Waals surface area contributed by atoms with Crippen molar-refractivity contribution in [2.24, 2.45) is 0 Å². The molecule has 8 heteroatoms. The summed E-state index contributed by atoms with van der Waals surface area (Å²) in [6.07, 6.45) is 0. The van der Waals surface area contributed by atoms with Crippen molar-refractivity contribution < 1.29 is 4.74 Å². The van der Waals surface area contributed by atoms with Gasteiger partial charge in [0, 0.05) is 65.8 Å². The van der Waals surface area contributed by atoms with Crippen molar-refractivity contribution in [2.45, 2.75) is 0 Å². The quantitative estimate of drug-likeness (QED) is 0.149. The summed E-state index contributed by atoms with van der Waals surface area (Å²) in [5.74, 6) is 1.70. The van der Waals surface area contributed by atoms with E-state index in [4.69, 9.17) is 4.74 Å². The van der Waals surface area contributed by atoms with Gasteiger partial charge in [-0.15, -0.1) is 0 Å². The lowest BCUT2D eigenvalue weighted by Crippen LogP contribution is -2.65. The first-order valence-corrected chi connectivity index (χ1v) is 36.3. The molecule has 476 valence electrons. The van der Waals surface area contributed by atoms with Gasteiger partial charge in [-0.1, -0.05) is 295 Å². The van der Waals surface area contributed by atoms with Crippen LogP contribution in [0.3, 0.4) is 0 Å². The Morgan fingerprint density at radius 2 is 0.625 bits per heavy atom. The standard InChI is InChI=1S/C96H57B3N4O/c1-4-26-58(27-5-1)63-32-10-16-38-72(63)97-75-40-24-41-76-95(75)102(85-56-70-65-34-12-18-43-79(65)100-81-45-20-14-36-67(81)89(93(70)100)91(85)98(76)73-39-17-11-33-64(73)59-28-6-2-7-29-59)83-53-51-62(55-78(83)97)61-50-52-74(69(54-61)60-30-8-3-9-31-60)99-77-42-25-49-88-96(77)103(84-47-22-23-48-87(84)104-88)86-57-71-66-35-13-19-44-80(66)101-82-46-21-15-37-68(82)90(92(86)99)94(71)101/h1-57H. The van der Waals surface area contributed by atoms with Gasteiger partial charge in [0.15, 0.2) is 11.5 Å². The molecule has 0 amide bonds. The molecule has 0 bridgehead atoms. The van der Waals surface area contributed by atoms with Crippen molar-refractivity contribution in [3.8, 4) is 56.0 Å². The SMILES string of the molecule is c1ccc(-c2ccccc2B2c3cc(-c4ccc(B5c6cccc7c6N(c6ccccc6O7)c6cc7c8ccccc8n8c9ccccc9c(c65)c78)c(-c5ccccc5)c4)ccc3N3c4cc5c6ccccc6n6c7ccccc7c(c4B(c4ccccc4-c4ccccc4)c4cccc2c43)c56)cc1. The Morgan fingerprint density at radius 1 is 0.221 bits per heavy atom. The molecule has 0 spiro atoms. The summed E-state index contributed by atoms with van der Waals surface area (Å²) in [5, 5.41) is 10.1. The Hall–Kier alpha value is -13.3. The summed E-state index contributed by atoms with van der Waals surface area (Å²) in [6, 6.07) is 131. The smallest absolute Gasteiger partial charge is 0.248 e. The molecule has 4 aliphatic heterocycles. The van der Waals surface area contributed by atoms with E-state index in [1.165, 1.54) is 176 Å². The summed E-state index contributed by atoms with van der Waals surface area (Å²) in [7, 11) is 0. The predicted molar refractivity (Wildman–Crippen MR) is 440 cm³/mol. The maximum atomic E-state index is 7.02. The molecular formula is C96H57B3N4O. The molecule has 104 heavy (non-hydrogen) atoms. The second-order valence-electron chi connectivity index (χ2n) is 28.8. The zero-order valence-corrected chi connectivity index (χ0v) is 56.3. The lowest BCUT2D eigenvalue weighted by atomic mass is 9.29. The van der Waals surface area contributed by atoms with Gasteiger partial charge in [-0.2, -0.15) is 0 Å². The van der Waals surface area contributed by atoms with Crippen molar-refractivity contribution in [3.05, 3.63) is 346 Å². The average molecular weight is 1310 g/mol. The molecule has 8 heterocycles. The van der Waals surface area contributed by atoms with E-state index in [1.807, 2.05) is 0 Å². The van der Waals surface area contributed by atoms with Gasteiger partial charge in [0.2, 0.25) is 20.1 Å². The maximum absolute atomic E-state index is 7.02. The van der Waals surface area contributed by atoms with E-state index in [1.54, 1.807) is 0 Å². The van der Waals surface area contributed by atoms with Gasteiger partial charge >= 0.3 is 0 Å². The molecule has 0 unspecified atom stereocenters. The van der Waals surface area contributed by atoms with Crippen LogP contribution < -0.4 is 63.7 Å².